The zero-order valence-corrected chi connectivity index (χ0v) is 21.7. The first-order chi connectivity index (χ1) is 18.8. The van der Waals surface area contributed by atoms with Crippen LogP contribution in [0.4, 0.5) is 17.6 Å². The highest BCUT2D eigenvalue weighted by Crippen LogP contribution is 2.37. The maximum atomic E-state index is 13.1. The normalized spacial score (nSPS) is 19.2. The number of rotatable bonds is 7. The summed E-state index contributed by atoms with van der Waals surface area (Å²) in [6.45, 7) is 0.990. The van der Waals surface area contributed by atoms with E-state index in [1.54, 1.807) is 31.1 Å². The lowest BCUT2D eigenvalue weighted by atomic mass is 10.1. The number of aliphatic imine (C=N–C) groups is 1. The fraction of sp³-hybridized carbons (Fsp3) is 0.296. The summed E-state index contributed by atoms with van der Waals surface area (Å²) in [6.07, 6.45) is -1.09. The van der Waals surface area contributed by atoms with E-state index in [1.807, 2.05) is 42.5 Å². The highest BCUT2D eigenvalue weighted by atomic mass is 16.5. The van der Waals surface area contributed by atoms with Crippen LogP contribution in [-0.4, -0.2) is 79.8 Å². The van der Waals surface area contributed by atoms with Crippen LogP contribution in [0.5, 0.6) is 0 Å². The van der Waals surface area contributed by atoms with Crippen molar-refractivity contribution in [3.63, 3.8) is 0 Å². The Kier molecular flexibility index (Phi) is 7.24. The lowest BCUT2D eigenvalue weighted by Gasteiger charge is -2.24. The monoisotopic (exact) mass is 531 g/mol. The van der Waals surface area contributed by atoms with Gasteiger partial charge in [-0.1, -0.05) is 42.5 Å². The van der Waals surface area contributed by atoms with Crippen LogP contribution in [0.3, 0.4) is 0 Å². The average Bonchev–Trinajstić information content (AvgIpc) is 3.48. The van der Waals surface area contributed by atoms with Crippen LogP contribution < -0.4 is 10.5 Å². The molecule has 0 spiro atoms. The Morgan fingerprint density at radius 3 is 2.46 bits per heavy atom. The lowest BCUT2D eigenvalue weighted by molar-refractivity contribution is -0.116. The zero-order chi connectivity index (χ0) is 27.7. The second kappa shape index (κ2) is 10.8. The Morgan fingerprint density at radius 2 is 1.85 bits per heavy atom. The van der Waals surface area contributed by atoms with Crippen molar-refractivity contribution in [1.29, 1.82) is 0 Å². The van der Waals surface area contributed by atoms with E-state index < -0.39 is 30.6 Å². The number of benzene rings is 2. The van der Waals surface area contributed by atoms with Crippen LogP contribution >= 0.6 is 0 Å². The molecule has 2 aromatic heterocycles. The first-order valence-electron chi connectivity index (χ1n) is 12.4. The lowest BCUT2D eigenvalue weighted by Crippen LogP contribution is -2.28. The second-order valence-electron chi connectivity index (χ2n) is 9.43. The van der Waals surface area contributed by atoms with E-state index in [1.165, 1.54) is 22.7 Å². The highest BCUT2D eigenvalue weighted by molar-refractivity contribution is 5.99. The third-order valence-corrected chi connectivity index (χ3v) is 6.35. The maximum Gasteiger partial charge on any atom is 0.280 e. The SMILES string of the molecule is CC(=O)N(c1ccc(-c2ccccc2)cc1)c1nc2c(=O)[nH]c(/N=C/N(C)C)nc2n1[C@H]1C[C@H](O)[C@@H](CO)O1. The first kappa shape index (κ1) is 26.2. The average molecular weight is 532 g/mol. The summed E-state index contributed by atoms with van der Waals surface area (Å²) < 4.78 is 7.43. The quantitative estimate of drug-likeness (QED) is 0.243. The van der Waals surface area contributed by atoms with E-state index in [0.29, 0.717) is 5.69 Å². The molecule has 0 unspecified atom stereocenters. The van der Waals surface area contributed by atoms with E-state index in [4.69, 9.17) is 4.74 Å². The summed E-state index contributed by atoms with van der Waals surface area (Å²) in [5.74, 6) is -0.237. The fourth-order valence-corrected chi connectivity index (χ4v) is 4.52. The van der Waals surface area contributed by atoms with Crippen molar-refractivity contribution in [1.82, 2.24) is 24.4 Å². The molecule has 0 bridgehead atoms. The Hall–Kier alpha value is -4.39. The van der Waals surface area contributed by atoms with E-state index in [2.05, 4.69) is 19.9 Å². The van der Waals surface area contributed by atoms with Gasteiger partial charge in [-0.2, -0.15) is 4.98 Å². The Labute approximate surface area is 223 Å². The van der Waals surface area contributed by atoms with Gasteiger partial charge < -0.3 is 19.8 Å². The molecule has 202 valence electrons. The molecule has 1 aliphatic heterocycles. The van der Waals surface area contributed by atoms with Gasteiger partial charge in [0.2, 0.25) is 17.8 Å². The minimum atomic E-state index is -0.963. The third-order valence-electron chi connectivity index (χ3n) is 6.35. The Balaban J connectivity index is 1.67. The highest BCUT2D eigenvalue weighted by Gasteiger charge is 2.38. The number of nitrogens with one attached hydrogen (secondary N) is 1. The van der Waals surface area contributed by atoms with Crippen molar-refractivity contribution in [3.8, 4) is 11.1 Å². The van der Waals surface area contributed by atoms with Crippen LogP contribution in [0.1, 0.15) is 19.6 Å². The molecule has 12 nitrogen and oxygen atoms in total. The number of hydrogen-bond donors (Lipinski definition) is 3. The van der Waals surface area contributed by atoms with E-state index in [-0.39, 0.29) is 35.4 Å². The number of fused-ring (bicyclic) bond motifs is 1. The molecule has 3 heterocycles. The molecule has 39 heavy (non-hydrogen) atoms. The molecular weight excluding hydrogens is 502 g/mol. The molecule has 1 saturated heterocycles. The molecule has 2 aromatic carbocycles. The van der Waals surface area contributed by atoms with Gasteiger partial charge in [0.05, 0.1) is 24.7 Å². The standard InChI is InChI=1S/C27H29N7O5/c1-16(36)33(19-11-9-18(10-12-19)17-7-5-4-6-8-17)27-29-23-24(30-26(31-25(23)38)28-15-32(2)3)34(27)22-13-20(37)21(14-35)39-22/h4-12,15,20-22,35,37H,13-14H2,1-3H3,(H,30,31,38)/b28-15+/t20-,21+,22+/m0/s1. The number of aromatic nitrogens is 4. The van der Waals surface area contributed by atoms with Crippen molar-refractivity contribution in [2.75, 3.05) is 25.6 Å². The molecule has 1 fully saturated rings. The fourth-order valence-electron chi connectivity index (χ4n) is 4.52. The van der Waals surface area contributed by atoms with Crippen molar-refractivity contribution in [3.05, 3.63) is 65.0 Å². The smallest absolute Gasteiger partial charge is 0.280 e. The summed E-state index contributed by atoms with van der Waals surface area (Å²) >= 11 is 0. The van der Waals surface area contributed by atoms with Crippen molar-refractivity contribution >= 4 is 41.0 Å². The minimum Gasteiger partial charge on any atom is -0.394 e. The van der Waals surface area contributed by atoms with Crippen LogP contribution in [-0.2, 0) is 9.53 Å². The van der Waals surface area contributed by atoms with Crippen LogP contribution in [0.2, 0.25) is 0 Å². The number of aliphatic hydroxyl groups is 2. The largest absolute Gasteiger partial charge is 0.394 e. The van der Waals surface area contributed by atoms with Crippen molar-refractivity contribution in [2.24, 2.45) is 4.99 Å². The van der Waals surface area contributed by atoms with Crippen molar-refractivity contribution in [2.45, 2.75) is 31.8 Å². The molecule has 0 saturated carbocycles. The molecule has 1 aliphatic rings. The third kappa shape index (κ3) is 5.17. The summed E-state index contributed by atoms with van der Waals surface area (Å²) in [4.78, 5) is 45.0. The number of anilines is 2. The molecule has 3 N–H and O–H groups in total. The summed E-state index contributed by atoms with van der Waals surface area (Å²) in [7, 11) is 3.55. The summed E-state index contributed by atoms with van der Waals surface area (Å²) in [6, 6.07) is 17.2. The van der Waals surface area contributed by atoms with Crippen LogP contribution in [0.25, 0.3) is 22.3 Å². The van der Waals surface area contributed by atoms with Gasteiger partial charge >= 0.3 is 0 Å². The molecule has 4 aromatic rings. The predicted molar refractivity (Wildman–Crippen MR) is 146 cm³/mol. The number of nitrogens with zero attached hydrogens (tertiary/aromatic N) is 6. The number of hydrogen-bond acceptors (Lipinski definition) is 8. The summed E-state index contributed by atoms with van der Waals surface area (Å²) in [5.41, 5.74) is 2.06. The number of amides is 1. The van der Waals surface area contributed by atoms with Gasteiger partial charge in [-0.25, -0.2) is 9.98 Å². The number of imidazole rings is 1. The second-order valence-corrected chi connectivity index (χ2v) is 9.43. The molecule has 12 heteroatoms. The molecule has 0 aliphatic carbocycles. The maximum absolute atomic E-state index is 13.1. The number of H-pyrrole nitrogens is 1. The van der Waals surface area contributed by atoms with Gasteiger partial charge in [-0.05, 0) is 23.3 Å². The number of carbonyl (C=O) groups is 1. The molecular formula is C27H29N7O5. The number of aromatic amines is 1. The molecule has 5 rings (SSSR count). The predicted octanol–water partition coefficient (Wildman–Crippen LogP) is 2.33. The Morgan fingerprint density at radius 1 is 1.15 bits per heavy atom. The van der Waals surface area contributed by atoms with Crippen LogP contribution in [0.15, 0.2) is 64.4 Å². The molecule has 1 amide bonds. The topological polar surface area (TPSA) is 149 Å². The molecule has 3 atom stereocenters. The van der Waals surface area contributed by atoms with Gasteiger partial charge in [-0.15, -0.1) is 0 Å². The summed E-state index contributed by atoms with van der Waals surface area (Å²) in [5, 5.41) is 20.1. The molecule has 0 radical (unpaired) electrons. The van der Waals surface area contributed by atoms with E-state index >= 15 is 0 Å². The van der Waals surface area contributed by atoms with Gasteiger partial charge in [0.1, 0.15) is 12.3 Å². The van der Waals surface area contributed by atoms with E-state index in [0.717, 1.165) is 11.1 Å². The van der Waals surface area contributed by atoms with Crippen molar-refractivity contribution < 1.29 is 19.7 Å². The Bertz CT molecular complexity index is 1560. The number of carbonyl (C=O) groups excluding carboxylic acids is 1. The minimum absolute atomic E-state index is 0.0218. The van der Waals surface area contributed by atoms with Gasteiger partial charge in [0.15, 0.2) is 11.2 Å². The van der Waals surface area contributed by atoms with Gasteiger partial charge in [-0.3, -0.25) is 24.0 Å². The zero-order valence-electron chi connectivity index (χ0n) is 21.7. The number of ether oxygens (including phenoxy) is 1. The van der Waals surface area contributed by atoms with E-state index in [9.17, 15) is 19.8 Å². The van der Waals surface area contributed by atoms with Crippen LogP contribution in [0, 0.1) is 0 Å². The first-order valence-corrected chi connectivity index (χ1v) is 12.4. The number of aliphatic hydroxyl groups excluding tert-OH is 2. The van der Waals surface area contributed by atoms with Gasteiger partial charge in [0.25, 0.3) is 5.56 Å². The van der Waals surface area contributed by atoms with Gasteiger partial charge in [0, 0.05) is 27.4 Å².